The molecule has 0 unspecified atom stereocenters. The first-order chi connectivity index (χ1) is 10.1. The Morgan fingerprint density at radius 3 is 2.62 bits per heavy atom. The van der Waals surface area contributed by atoms with Crippen LogP contribution >= 0.6 is 23.2 Å². The van der Waals surface area contributed by atoms with Gasteiger partial charge in [0.2, 0.25) is 0 Å². The minimum absolute atomic E-state index is 0.477. The third-order valence-corrected chi connectivity index (χ3v) is 4.11. The van der Waals surface area contributed by atoms with E-state index in [2.05, 4.69) is 18.0 Å². The number of aromatic nitrogens is 2. The van der Waals surface area contributed by atoms with E-state index in [1.807, 2.05) is 37.3 Å². The fourth-order valence-corrected chi connectivity index (χ4v) is 2.82. The average molecular weight is 317 g/mol. The van der Waals surface area contributed by atoms with Gasteiger partial charge in [-0.3, -0.25) is 0 Å². The first kappa shape index (κ1) is 14.3. The Morgan fingerprint density at radius 1 is 1.05 bits per heavy atom. The lowest BCUT2D eigenvalue weighted by atomic mass is 10.1. The van der Waals surface area contributed by atoms with Gasteiger partial charge < -0.3 is 0 Å². The molecule has 0 bridgehead atoms. The molecule has 0 radical (unpaired) electrons. The standard InChI is InChI=1S/C17H14Cl2N2/c1-3-11-5-4-6-13-15(11)20-17(21-16(13)19)14-9-12(18)8-7-10(14)2/h4-9H,3H2,1-2H3. The molecule has 0 spiro atoms. The van der Waals surface area contributed by atoms with Gasteiger partial charge in [0.15, 0.2) is 5.82 Å². The number of rotatable bonds is 2. The van der Waals surface area contributed by atoms with E-state index in [0.717, 1.165) is 34.0 Å². The van der Waals surface area contributed by atoms with Crippen LogP contribution in [0.25, 0.3) is 22.3 Å². The van der Waals surface area contributed by atoms with E-state index >= 15 is 0 Å². The van der Waals surface area contributed by atoms with Gasteiger partial charge >= 0.3 is 0 Å². The van der Waals surface area contributed by atoms with Crippen molar-refractivity contribution in [2.75, 3.05) is 0 Å². The number of nitrogens with zero attached hydrogens (tertiary/aromatic N) is 2. The average Bonchev–Trinajstić information content (AvgIpc) is 2.49. The molecule has 0 saturated carbocycles. The highest BCUT2D eigenvalue weighted by Crippen LogP contribution is 2.29. The summed E-state index contributed by atoms with van der Waals surface area (Å²) in [4.78, 5) is 9.17. The Hall–Kier alpha value is -1.64. The van der Waals surface area contributed by atoms with Crippen LogP contribution in [0.2, 0.25) is 10.2 Å². The summed E-state index contributed by atoms with van der Waals surface area (Å²) in [6, 6.07) is 11.7. The lowest BCUT2D eigenvalue weighted by Gasteiger charge is -2.10. The largest absolute Gasteiger partial charge is 0.228 e. The van der Waals surface area contributed by atoms with Gasteiger partial charge in [-0.2, -0.15) is 0 Å². The highest BCUT2D eigenvalue weighted by molar-refractivity contribution is 6.34. The maximum absolute atomic E-state index is 6.35. The predicted molar refractivity (Wildman–Crippen MR) is 89.1 cm³/mol. The van der Waals surface area contributed by atoms with Gasteiger partial charge in [-0.25, -0.2) is 9.97 Å². The molecule has 1 aromatic heterocycles. The lowest BCUT2D eigenvalue weighted by Crippen LogP contribution is -1.96. The van der Waals surface area contributed by atoms with Gasteiger partial charge in [0.1, 0.15) is 5.15 Å². The fraction of sp³-hybridized carbons (Fsp3) is 0.176. The number of aryl methyl sites for hydroxylation is 2. The minimum atomic E-state index is 0.477. The summed E-state index contributed by atoms with van der Waals surface area (Å²) in [5, 5.41) is 2.03. The van der Waals surface area contributed by atoms with Crippen LogP contribution in [-0.2, 0) is 6.42 Å². The molecule has 0 aliphatic rings. The summed E-state index contributed by atoms with van der Waals surface area (Å²) in [5.41, 5.74) is 4.06. The maximum atomic E-state index is 6.35. The van der Waals surface area contributed by atoms with Crippen LogP contribution in [0.4, 0.5) is 0 Å². The van der Waals surface area contributed by atoms with Crippen molar-refractivity contribution in [2.45, 2.75) is 20.3 Å². The monoisotopic (exact) mass is 316 g/mol. The summed E-state index contributed by atoms with van der Waals surface area (Å²) < 4.78 is 0. The zero-order valence-electron chi connectivity index (χ0n) is 11.8. The number of hydrogen-bond donors (Lipinski definition) is 0. The second-order valence-corrected chi connectivity index (χ2v) is 5.76. The van der Waals surface area contributed by atoms with E-state index in [1.54, 1.807) is 0 Å². The van der Waals surface area contributed by atoms with Crippen LogP contribution in [0, 0.1) is 6.92 Å². The summed E-state index contributed by atoms with van der Waals surface area (Å²) in [7, 11) is 0. The van der Waals surface area contributed by atoms with Crippen molar-refractivity contribution < 1.29 is 0 Å². The van der Waals surface area contributed by atoms with E-state index in [-0.39, 0.29) is 0 Å². The Balaban J connectivity index is 2.31. The molecule has 0 aliphatic carbocycles. The Morgan fingerprint density at radius 2 is 1.86 bits per heavy atom. The van der Waals surface area contributed by atoms with Gasteiger partial charge in [-0.05, 0) is 42.7 Å². The number of benzene rings is 2. The number of fused-ring (bicyclic) bond motifs is 1. The second-order valence-electron chi connectivity index (χ2n) is 4.96. The van der Waals surface area contributed by atoms with Crippen LogP contribution in [-0.4, -0.2) is 9.97 Å². The molecular weight excluding hydrogens is 303 g/mol. The van der Waals surface area contributed by atoms with Crippen molar-refractivity contribution in [1.29, 1.82) is 0 Å². The summed E-state index contributed by atoms with van der Waals surface area (Å²) in [6.07, 6.45) is 0.901. The Bertz CT molecular complexity index is 828. The van der Waals surface area contributed by atoms with Gasteiger partial charge in [-0.1, -0.05) is 48.3 Å². The van der Waals surface area contributed by atoms with E-state index in [0.29, 0.717) is 16.0 Å². The zero-order chi connectivity index (χ0) is 15.0. The van der Waals surface area contributed by atoms with Crippen molar-refractivity contribution >= 4 is 34.1 Å². The second kappa shape index (κ2) is 5.63. The van der Waals surface area contributed by atoms with Crippen LogP contribution in [0.3, 0.4) is 0 Å². The highest BCUT2D eigenvalue weighted by atomic mass is 35.5. The number of halogens is 2. The van der Waals surface area contributed by atoms with Crippen molar-refractivity contribution in [3.05, 3.63) is 57.7 Å². The van der Waals surface area contributed by atoms with Gasteiger partial charge in [0.05, 0.1) is 5.52 Å². The molecule has 0 amide bonds. The molecule has 0 atom stereocenters. The molecule has 0 fully saturated rings. The first-order valence-electron chi connectivity index (χ1n) is 6.82. The molecule has 3 aromatic rings. The quantitative estimate of drug-likeness (QED) is 0.585. The molecule has 2 aromatic carbocycles. The van der Waals surface area contributed by atoms with Crippen molar-refractivity contribution in [1.82, 2.24) is 9.97 Å². The van der Waals surface area contributed by atoms with E-state index in [9.17, 15) is 0 Å². The van der Waals surface area contributed by atoms with E-state index < -0.39 is 0 Å². The normalized spacial score (nSPS) is 11.0. The molecule has 0 N–H and O–H groups in total. The SMILES string of the molecule is CCc1cccc2c(Cl)nc(-c3cc(Cl)ccc3C)nc12. The van der Waals surface area contributed by atoms with E-state index in [4.69, 9.17) is 28.2 Å². The number of para-hydroxylation sites is 1. The van der Waals surface area contributed by atoms with Crippen LogP contribution < -0.4 is 0 Å². The Kier molecular flexibility index (Phi) is 3.83. The fourth-order valence-electron chi connectivity index (χ4n) is 2.41. The topological polar surface area (TPSA) is 25.8 Å². The minimum Gasteiger partial charge on any atom is -0.228 e. The molecule has 4 heteroatoms. The molecule has 1 heterocycles. The van der Waals surface area contributed by atoms with Crippen molar-refractivity contribution in [3.63, 3.8) is 0 Å². The van der Waals surface area contributed by atoms with Gasteiger partial charge in [-0.15, -0.1) is 0 Å². The van der Waals surface area contributed by atoms with Crippen molar-refractivity contribution in [2.24, 2.45) is 0 Å². The molecule has 106 valence electrons. The zero-order valence-corrected chi connectivity index (χ0v) is 13.3. The number of hydrogen-bond acceptors (Lipinski definition) is 2. The third kappa shape index (κ3) is 2.61. The summed E-state index contributed by atoms with van der Waals surface area (Å²) in [5.74, 6) is 0.619. The highest BCUT2D eigenvalue weighted by Gasteiger charge is 2.12. The molecule has 3 rings (SSSR count). The molecule has 2 nitrogen and oxygen atoms in total. The molecular formula is C17H14Cl2N2. The third-order valence-electron chi connectivity index (χ3n) is 3.59. The van der Waals surface area contributed by atoms with Crippen LogP contribution in [0.5, 0.6) is 0 Å². The van der Waals surface area contributed by atoms with Crippen molar-refractivity contribution in [3.8, 4) is 11.4 Å². The Labute approximate surface area is 133 Å². The van der Waals surface area contributed by atoms with Crippen LogP contribution in [0.1, 0.15) is 18.1 Å². The molecule has 0 aliphatic heterocycles. The smallest absolute Gasteiger partial charge is 0.161 e. The molecule has 0 saturated heterocycles. The van der Waals surface area contributed by atoms with Gasteiger partial charge in [0, 0.05) is 16.0 Å². The summed E-state index contributed by atoms with van der Waals surface area (Å²) >= 11 is 12.4. The maximum Gasteiger partial charge on any atom is 0.161 e. The molecule has 21 heavy (non-hydrogen) atoms. The van der Waals surface area contributed by atoms with Crippen LogP contribution in [0.15, 0.2) is 36.4 Å². The first-order valence-corrected chi connectivity index (χ1v) is 7.57. The predicted octanol–water partition coefficient (Wildman–Crippen LogP) is 5.47. The lowest BCUT2D eigenvalue weighted by molar-refractivity contribution is 1.13. The van der Waals surface area contributed by atoms with Gasteiger partial charge in [0.25, 0.3) is 0 Å². The van der Waals surface area contributed by atoms with E-state index in [1.165, 1.54) is 0 Å². The summed E-state index contributed by atoms with van der Waals surface area (Å²) in [6.45, 7) is 4.12.